The largest absolute Gasteiger partial charge is 0.323 e. The van der Waals surface area contributed by atoms with Crippen molar-refractivity contribution in [3.8, 4) is 10.4 Å². The lowest BCUT2D eigenvalue weighted by Crippen LogP contribution is -2.46. The minimum absolute atomic E-state index is 0.0859. The number of hydrogen-bond acceptors (Lipinski definition) is 5. The van der Waals surface area contributed by atoms with Gasteiger partial charge < -0.3 is 4.90 Å². The predicted molar refractivity (Wildman–Crippen MR) is 94.7 cm³/mol. The number of nitrogens with one attached hydrogen (secondary N) is 2. The van der Waals surface area contributed by atoms with Crippen molar-refractivity contribution in [3.63, 3.8) is 0 Å². The van der Waals surface area contributed by atoms with Crippen LogP contribution in [-0.4, -0.2) is 40.8 Å². The molecule has 0 aliphatic carbocycles. The lowest BCUT2D eigenvalue weighted by Gasteiger charge is -2.14. The highest BCUT2D eigenvalue weighted by molar-refractivity contribution is 8.13. The van der Waals surface area contributed by atoms with Gasteiger partial charge in [-0.25, -0.2) is 4.39 Å². The SMILES string of the molecule is O=C(CN1CCSC1=O)NNC(=O)c1ccc(-c2ccc(F)cc2)s1. The molecule has 1 saturated heterocycles. The lowest BCUT2D eigenvalue weighted by atomic mass is 10.2. The van der Waals surface area contributed by atoms with Crippen LogP contribution in [0.4, 0.5) is 9.18 Å². The molecule has 0 atom stereocenters. The molecule has 1 aromatic carbocycles. The van der Waals surface area contributed by atoms with Crippen molar-refractivity contribution >= 4 is 40.2 Å². The van der Waals surface area contributed by atoms with Crippen molar-refractivity contribution in [2.75, 3.05) is 18.8 Å². The predicted octanol–water partition coefficient (Wildman–Crippen LogP) is 2.48. The fourth-order valence-electron chi connectivity index (χ4n) is 2.20. The molecule has 2 aromatic rings. The molecule has 3 amide bonds. The summed E-state index contributed by atoms with van der Waals surface area (Å²) in [5, 5.41) is -0.135. The average Bonchev–Trinajstić information content (AvgIpc) is 3.23. The van der Waals surface area contributed by atoms with Crippen LogP contribution in [0.3, 0.4) is 0 Å². The number of carbonyl (C=O) groups excluding carboxylic acids is 3. The molecule has 0 unspecified atom stereocenters. The molecule has 1 aliphatic rings. The van der Waals surface area contributed by atoms with Crippen LogP contribution >= 0.6 is 23.1 Å². The van der Waals surface area contributed by atoms with Crippen molar-refractivity contribution < 1.29 is 18.8 Å². The molecular weight excluding hydrogens is 365 g/mol. The summed E-state index contributed by atoms with van der Waals surface area (Å²) in [4.78, 5) is 37.9. The quantitative estimate of drug-likeness (QED) is 0.800. The van der Waals surface area contributed by atoms with Gasteiger partial charge in [-0.05, 0) is 29.8 Å². The van der Waals surface area contributed by atoms with E-state index in [4.69, 9.17) is 0 Å². The number of hydrogen-bond donors (Lipinski definition) is 2. The number of thioether (sulfide) groups is 1. The summed E-state index contributed by atoms with van der Waals surface area (Å²) in [6.45, 7) is 0.439. The Balaban J connectivity index is 1.54. The maximum Gasteiger partial charge on any atom is 0.282 e. The Morgan fingerprint density at radius 3 is 2.56 bits per heavy atom. The highest BCUT2D eigenvalue weighted by Gasteiger charge is 2.23. The first kappa shape index (κ1) is 17.4. The van der Waals surface area contributed by atoms with Gasteiger partial charge in [-0.2, -0.15) is 0 Å². The van der Waals surface area contributed by atoms with Gasteiger partial charge in [-0.1, -0.05) is 23.9 Å². The van der Waals surface area contributed by atoms with Crippen molar-refractivity contribution in [2.45, 2.75) is 0 Å². The highest BCUT2D eigenvalue weighted by Crippen LogP contribution is 2.28. The minimum atomic E-state index is -0.459. The summed E-state index contributed by atoms with van der Waals surface area (Å²) in [6.07, 6.45) is 0. The van der Waals surface area contributed by atoms with Gasteiger partial charge in [-0.3, -0.25) is 25.2 Å². The van der Waals surface area contributed by atoms with Crippen LogP contribution in [0.2, 0.25) is 0 Å². The Morgan fingerprint density at radius 2 is 1.88 bits per heavy atom. The molecule has 0 spiro atoms. The van der Waals surface area contributed by atoms with E-state index in [1.54, 1.807) is 24.3 Å². The number of amides is 3. The summed E-state index contributed by atoms with van der Waals surface area (Å²) in [5.74, 6) is -0.566. The molecule has 6 nitrogen and oxygen atoms in total. The topological polar surface area (TPSA) is 78.5 Å². The van der Waals surface area contributed by atoms with E-state index in [1.165, 1.54) is 40.1 Å². The minimum Gasteiger partial charge on any atom is -0.323 e. The van der Waals surface area contributed by atoms with Gasteiger partial charge in [0.15, 0.2) is 0 Å². The third kappa shape index (κ3) is 4.37. The van der Waals surface area contributed by atoms with Crippen molar-refractivity contribution in [2.24, 2.45) is 0 Å². The molecule has 1 fully saturated rings. The number of benzene rings is 1. The fourth-order valence-corrected chi connectivity index (χ4v) is 3.93. The van der Waals surface area contributed by atoms with Gasteiger partial charge in [0.2, 0.25) is 0 Å². The van der Waals surface area contributed by atoms with E-state index in [1.807, 2.05) is 0 Å². The fraction of sp³-hybridized carbons (Fsp3) is 0.188. The first-order valence-electron chi connectivity index (χ1n) is 7.39. The molecule has 2 heterocycles. The summed E-state index contributed by atoms with van der Waals surface area (Å²) >= 11 is 2.40. The molecule has 2 N–H and O–H groups in total. The molecular formula is C16H14FN3O3S2. The van der Waals surface area contributed by atoms with Crippen LogP contribution in [0.15, 0.2) is 36.4 Å². The van der Waals surface area contributed by atoms with E-state index in [0.29, 0.717) is 17.2 Å². The van der Waals surface area contributed by atoms with Crippen LogP contribution in [0.1, 0.15) is 9.67 Å². The van der Waals surface area contributed by atoms with Crippen LogP contribution in [0.25, 0.3) is 10.4 Å². The smallest absolute Gasteiger partial charge is 0.282 e. The number of halogens is 1. The molecule has 3 rings (SSSR count). The van der Waals surface area contributed by atoms with Crippen molar-refractivity contribution in [3.05, 3.63) is 47.1 Å². The number of thiophene rings is 1. The van der Waals surface area contributed by atoms with Gasteiger partial charge in [0.05, 0.1) is 4.88 Å². The van der Waals surface area contributed by atoms with E-state index in [9.17, 15) is 18.8 Å². The zero-order valence-electron chi connectivity index (χ0n) is 13.0. The average molecular weight is 379 g/mol. The molecule has 9 heteroatoms. The highest BCUT2D eigenvalue weighted by atomic mass is 32.2. The molecule has 1 aromatic heterocycles. The Morgan fingerprint density at radius 1 is 1.12 bits per heavy atom. The lowest BCUT2D eigenvalue weighted by molar-refractivity contribution is -0.122. The summed E-state index contributed by atoms with van der Waals surface area (Å²) in [6, 6.07) is 9.37. The molecule has 0 bridgehead atoms. The standard InChI is InChI=1S/C16H14FN3O3S2/c17-11-3-1-10(2-4-11)12-5-6-13(25-12)15(22)19-18-14(21)9-20-7-8-24-16(20)23/h1-6H,7-9H2,(H,18,21)(H,19,22). The third-order valence-electron chi connectivity index (χ3n) is 3.45. The maximum atomic E-state index is 13.0. The van der Waals surface area contributed by atoms with Crippen molar-refractivity contribution in [1.82, 2.24) is 15.8 Å². The Hall–Kier alpha value is -2.39. The van der Waals surface area contributed by atoms with Crippen LogP contribution in [0, 0.1) is 5.82 Å². The second-order valence-electron chi connectivity index (χ2n) is 5.21. The van der Waals surface area contributed by atoms with Crippen LogP contribution in [0.5, 0.6) is 0 Å². The van der Waals surface area contributed by atoms with Crippen LogP contribution in [-0.2, 0) is 4.79 Å². The van der Waals surface area contributed by atoms with Crippen molar-refractivity contribution in [1.29, 1.82) is 0 Å². The number of carbonyl (C=O) groups is 3. The van der Waals surface area contributed by atoms with Gasteiger partial charge in [-0.15, -0.1) is 11.3 Å². The van der Waals surface area contributed by atoms with Gasteiger partial charge >= 0.3 is 0 Å². The Bertz CT molecular complexity index is 807. The Kier molecular flexibility index (Phi) is 5.34. The van der Waals surface area contributed by atoms with E-state index < -0.39 is 11.8 Å². The third-order valence-corrected chi connectivity index (χ3v) is 5.48. The number of hydrazine groups is 1. The van der Waals surface area contributed by atoms with E-state index >= 15 is 0 Å². The molecule has 0 radical (unpaired) electrons. The summed E-state index contributed by atoms with van der Waals surface area (Å²) in [5.41, 5.74) is 5.43. The maximum absolute atomic E-state index is 13.0. The normalized spacial score (nSPS) is 13.8. The van der Waals surface area contributed by atoms with E-state index in [-0.39, 0.29) is 17.6 Å². The van der Waals surface area contributed by atoms with Gasteiger partial charge in [0, 0.05) is 17.2 Å². The first-order chi connectivity index (χ1) is 12.0. The zero-order chi connectivity index (χ0) is 17.8. The number of rotatable bonds is 4. The zero-order valence-corrected chi connectivity index (χ0v) is 14.6. The molecule has 0 saturated carbocycles. The monoisotopic (exact) mass is 379 g/mol. The Labute approximate surface area is 151 Å². The summed E-state index contributed by atoms with van der Waals surface area (Å²) in [7, 11) is 0. The molecule has 130 valence electrons. The van der Waals surface area contributed by atoms with E-state index in [2.05, 4.69) is 10.9 Å². The molecule has 25 heavy (non-hydrogen) atoms. The van der Waals surface area contributed by atoms with Crippen LogP contribution < -0.4 is 10.9 Å². The number of nitrogens with zero attached hydrogens (tertiary/aromatic N) is 1. The van der Waals surface area contributed by atoms with E-state index in [0.717, 1.165) is 10.4 Å². The van der Waals surface area contributed by atoms with Gasteiger partial charge in [0.1, 0.15) is 12.4 Å². The van der Waals surface area contributed by atoms with Gasteiger partial charge in [0.25, 0.3) is 17.1 Å². The second-order valence-corrected chi connectivity index (χ2v) is 7.34. The summed E-state index contributed by atoms with van der Waals surface area (Å²) < 4.78 is 13.0. The molecule has 1 aliphatic heterocycles. The first-order valence-corrected chi connectivity index (χ1v) is 9.20. The second kappa shape index (κ2) is 7.66.